The van der Waals surface area contributed by atoms with E-state index in [1.165, 1.54) is 25.8 Å². The molecular formula is C14H19NO. The van der Waals surface area contributed by atoms with Crippen LogP contribution in [0.4, 0.5) is 0 Å². The summed E-state index contributed by atoms with van der Waals surface area (Å²) in [4.78, 5) is 2.40. The zero-order valence-electron chi connectivity index (χ0n) is 9.76. The fraction of sp³-hybridized carbons (Fsp3) is 0.429. The summed E-state index contributed by atoms with van der Waals surface area (Å²) in [6, 6.07) is 7.90. The van der Waals surface area contributed by atoms with Crippen LogP contribution in [0, 0.1) is 0 Å². The van der Waals surface area contributed by atoms with Crippen molar-refractivity contribution in [2.24, 2.45) is 0 Å². The zero-order valence-corrected chi connectivity index (χ0v) is 9.76. The number of nitrogens with zero attached hydrogens (tertiary/aromatic N) is 1. The van der Waals surface area contributed by atoms with Crippen LogP contribution in [0.15, 0.2) is 30.3 Å². The Morgan fingerprint density at radius 1 is 1.25 bits per heavy atom. The second kappa shape index (κ2) is 5.17. The molecular weight excluding hydrogens is 198 g/mol. The first-order valence-electron chi connectivity index (χ1n) is 5.93. The van der Waals surface area contributed by atoms with Crippen molar-refractivity contribution >= 4 is 6.08 Å². The van der Waals surface area contributed by atoms with Gasteiger partial charge in [0.2, 0.25) is 0 Å². The SMILES string of the molecule is CN1CCCC[C@H]1/C=C/c1ccc(O)cc1. The predicted octanol–water partition coefficient (Wildman–Crippen LogP) is 2.89. The average molecular weight is 217 g/mol. The maximum Gasteiger partial charge on any atom is 0.115 e. The number of hydrogen-bond donors (Lipinski definition) is 1. The number of rotatable bonds is 2. The van der Waals surface area contributed by atoms with Gasteiger partial charge < -0.3 is 5.11 Å². The molecule has 1 aromatic carbocycles. The van der Waals surface area contributed by atoms with Gasteiger partial charge in [0.05, 0.1) is 0 Å². The molecule has 0 saturated carbocycles. The van der Waals surface area contributed by atoms with Crippen LogP contribution in [-0.2, 0) is 0 Å². The first kappa shape index (κ1) is 11.2. The van der Waals surface area contributed by atoms with Gasteiger partial charge in [-0.25, -0.2) is 0 Å². The Kier molecular flexibility index (Phi) is 3.62. The molecule has 0 amide bonds. The number of aromatic hydroxyl groups is 1. The van der Waals surface area contributed by atoms with Crippen molar-refractivity contribution in [1.29, 1.82) is 0 Å². The predicted molar refractivity (Wildman–Crippen MR) is 67.4 cm³/mol. The molecule has 1 saturated heterocycles. The van der Waals surface area contributed by atoms with Crippen molar-refractivity contribution in [2.45, 2.75) is 25.3 Å². The van der Waals surface area contributed by atoms with Gasteiger partial charge in [-0.2, -0.15) is 0 Å². The third-order valence-electron chi connectivity index (χ3n) is 3.23. The molecule has 1 heterocycles. The fourth-order valence-corrected chi connectivity index (χ4v) is 2.15. The molecule has 2 heteroatoms. The van der Waals surface area contributed by atoms with E-state index < -0.39 is 0 Å². The number of hydrogen-bond acceptors (Lipinski definition) is 2. The van der Waals surface area contributed by atoms with E-state index in [1.54, 1.807) is 12.1 Å². The van der Waals surface area contributed by atoms with Crippen LogP contribution in [0.1, 0.15) is 24.8 Å². The minimum atomic E-state index is 0.326. The van der Waals surface area contributed by atoms with Gasteiger partial charge in [-0.3, -0.25) is 4.90 Å². The minimum Gasteiger partial charge on any atom is -0.508 e. The molecule has 0 aliphatic carbocycles. The highest BCUT2D eigenvalue weighted by atomic mass is 16.3. The van der Waals surface area contributed by atoms with Gasteiger partial charge in [-0.05, 0) is 44.1 Å². The van der Waals surface area contributed by atoms with Crippen LogP contribution in [0.3, 0.4) is 0 Å². The number of likely N-dealkylation sites (N-methyl/N-ethyl adjacent to an activating group) is 1. The molecule has 0 bridgehead atoms. The Morgan fingerprint density at radius 2 is 2.00 bits per heavy atom. The molecule has 1 N–H and O–H groups in total. The maximum absolute atomic E-state index is 9.18. The molecule has 1 aliphatic heterocycles. The lowest BCUT2D eigenvalue weighted by Crippen LogP contribution is -2.34. The summed E-state index contributed by atoms with van der Waals surface area (Å²) in [5.74, 6) is 0.326. The Labute approximate surface area is 97.2 Å². The zero-order chi connectivity index (χ0) is 11.4. The minimum absolute atomic E-state index is 0.326. The van der Waals surface area contributed by atoms with Gasteiger partial charge >= 0.3 is 0 Å². The molecule has 86 valence electrons. The Bertz CT molecular complexity index is 356. The summed E-state index contributed by atoms with van der Waals surface area (Å²) in [7, 11) is 2.19. The first-order chi connectivity index (χ1) is 7.75. The molecule has 2 nitrogen and oxygen atoms in total. The number of benzene rings is 1. The van der Waals surface area contributed by atoms with Crippen molar-refractivity contribution in [3.05, 3.63) is 35.9 Å². The second-order valence-electron chi connectivity index (χ2n) is 4.49. The summed E-state index contributed by atoms with van der Waals surface area (Å²) in [5, 5.41) is 9.18. The van der Waals surface area contributed by atoms with Crippen LogP contribution in [0.2, 0.25) is 0 Å². The topological polar surface area (TPSA) is 23.5 Å². The normalized spacial score (nSPS) is 22.7. The number of likely N-dealkylation sites (tertiary alicyclic amines) is 1. The number of phenols is 1. The van der Waals surface area contributed by atoms with E-state index in [9.17, 15) is 5.11 Å². The van der Waals surface area contributed by atoms with Crippen molar-refractivity contribution < 1.29 is 5.11 Å². The maximum atomic E-state index is 9.18. The van der Waals surface area contributed by atoms with E-state index in [4.69, 9.17) is 0 Å². The first-order valence-corrected chi connectivity index (χ1v) is 5.93. The molecule has 16 heavy (non-hydrogen) atoms. The lowest BCUT2D eigenvalue weighted by molar-refractivity contribution is 0.222. The molecule has 1 aromatic rings. The third kappa shape index (κ3) is 2.86. The van der Waals surface area contributed by atoms with Crippen molar-refractivity contribution in [3.63, 3.8) is 0 Å². The van der Waals surface area contributed by atoms with Crippen LogP contribution in [-0.4, -0.2) is 29.6 Å². The standard InChI is InChI=1S/C14H19NO/c1-15-11-3-2-4-13(15)8-5-12-6-9-14(16)10-7-12/h5-10,13,16H,2-4,11H2,1H3/b8-5+/t13-/m0/s1. The monoisotopic (exact) mass is 217 g/mol. The van der Waals surface area contributed by atoms with Gasteiger partial charge in [-0.1, -0.05) is 30.7 Å². The van der Waals surface area contributed by atoms with Crippen molar-refractivity contribution in [1.82, 2.24) is 4.90 Å². The fourth-order valence-electron chi connectivity index (χ4n) is 2.15. The molecule has 0 spiro atoms. The largest absolute Gasteiger partial charge is 0.508 e. The molecule has 1 fully saturated rings. The van der Waals surface area contributed by atoms with Crippen LogP contribution in [0.5, 0.6) is 5.75 Å². The molecule has 0 unspecified atom stereocenters. The number of piperidine rings is 1. The Morgan fingerprint density at radius 3 is 2.69 bits per heavy atom. The van der Waals surface area contributed by atoms with Crippen LogP contribution >= 0.6 is 0 Å². The van der Waals surface area contributed by atoms with Gasteiger partial charge in [0.15, 0.2) is 0 Å². The third-order valence-corrected chi connectivity index (χ3v) is 3.23. The van der Waals surface area contributed by atoms with Crippen LogP contribution < -0.4 is 0 Å². The van der Waals surface area contributed by atoms with E-state index in [0.29, 0.717) is 11.8 Å². The molecule has 1 aliphatic rings. The highest BCUT2D eigenvalue weighted by Gasteiger charge is 2.15. The molecule has 2 rings (SSSR count). The van der Waals surface area contributed by atoms with Gasteiger partial charge in [0.1, 0.15) is 5.75 Å². The van der Waals surface area contributed by atoms with Crippen LogP contribution in [0.25, 0.3) is 6.08 Å². The van der Waals surface area contributed by atoms with Crippen molar-refractivity contribution in [3.8, 4) is 5.75 Å². The van der Waals surface area contributed by atoms with Crippen molar-refractivity contribution in [2.75, 3.05) is 13.6 Å². The summed E-state index contributed by atoms with van der Waals surface area (Å²) in [6.07, 6.45) is 8.32. The second-order valence-corrected chi connectivity index (χ2v) is 4.49. The van der Waals surface area contributed by atoms with E-state index in [-0.39, 0.29) is 0 Å². The van der Waals surface area contributed by atoms with E-state index in [1.807, 2.05) is 12.1 Å². The summed E-state index contributed by atoms with van der Waals surface area (Å²) in [5.41, 5.74) is 1.15. The molecule has 0 aromatic heterocycles. The smallest absolute Gasteiger partial charge is 0.115 e. The highest BCUT2D eigenvalue weighted by Crippen LogP contribution is 2.17. The van der Waals surface area contributed by atoms with Gasteiger partial charge in [-0.15, -0.1) is 0 Å². The lowest BCUT2D eigenvalue weighted by atomic mass is 10.0. The highest BCUT2D eigenvalue weighted by molar-refractivity contribution is 5.51. The lowest BCUT2D eigenvalue weighted by Gasteiger charge is -2.30. The molecule has 0 radical (unpaired) electrons. The summed E-state index contributed by atoms with van der Waals surface area (Å²) < 4.78 is 0. The quantitative estimate of drug-likeness (QED) is 0.823. The summed E-state index contributed by atoms with van der Waals surface area (Å²) in [6.45, 7) is 1.20. The summed E-state index contributed by atoms with van der Waals surface area (Å²) >= 11 is 0. The van der Waals surface area contributed by atoms with E-state index >= 15 is 0 Å². The molecule has 1 atom stereocenters. The number of phenolic OH excluding ortho intramolecular Hbond substituents is 1. The van der Waals surface area contributed by atoms with E-state index in [0.717, 1.165) is 5.56 Å². The van der Waals surface area contributed by atoms with E-state index in [2.05, 4.69) is 24.1 Å². The Balaban J connectivity index is 2.00. The average Bonchev–Trinajstić information content (AvgIpc) is 2.30. The van der Waals surface area contributed by atoms with Gasteiger partial charge in [0.25, 0.3) is 0 Å². The van der Waals surface area contributed by atoms with Gasteiger partial charge in [0, 0.05) is 6.04 Å². The Hall–Kier alpha value is -1.28.